The Hall–Kier alpha value is -1.59. The van der Waals surface area contributed by atoms with Gasteiger partial charge in [0.05, 0.1) is 0 Å². The number of rotatable bonds is 8. The van der Waals surface area contributed by atoms with Crippen LogP contribution in [0.3, 0.4) is 0 Å². The van der Waals surface area contributed by atoms with Crippen LogP contribution in [-0.2, 0) is 4.74 Å². The molecule has 0 saturated carbocycles. The number of hydrogen-bond acceptors (Lipinski definition) is 4. The molecule has 0 aromatic heterocycles. The molecule has 0 spiro atoms. The summed E-state index contributed by atoms with van der Waals surface area (Å²) in [5, 5.41) is 12.3. The van der Waals surface area contributed by atoms with Crippen molar-refractivity contribution in [1.82, 2.24) is 5.32 Å². The van der Waals surface area contributed by atoms with Crippen molar-refractivity contribution in [3.63, 3.8) is 0 Å². The summed E-state index contributed by atoms with van der Waals surface area (Å²) in [7, 11) is 0. The maximum Gasteiger partial charge on any atom is 0.339 e. The van der Waals surface area contributed by atoms with Crippen LogP contribution in [0.25, 0.3) is 0 Å². The average Bonchev–Trinajstić information content (AvgIpc) is 2.96. The highest BCUT2D eigenvalue weighted by atomic mass is 16.5. The molecule has 1 aliphatic heterocycles. The number of nitrogens with one attached hydrogen (secondary N) is 1. The van der Waals surface area contributed by atoms with Crippen molar-refractivity contribution in [2.45, 2.75) is 12.8 Å². The molecule has 2 N–H and O–H groups in total. The molecule has 20 heavy (non-hydrogen) atoms. The summed E-state index contributed by atoms with van der Waals surface area (Å²) in [4.78, 5) is 11.0. The van der Waals surface area contributed by atoms with Crippen molar-refractivity contribution in [2.24, 2.45) is 5.92 Å². The molecular formula is C15H21NO4. The number of carbonyl (C=O) groups is 1. The van der Waals surface area contributed by atoms with E-state index in [0.717, 1.165) is 32.6 Å². The van der Waals surface area contributed by atoms with Crippen LogP contribution in [0.15, 0.2) is 24.3 Å². The first-order chi connectivity index (χ1) is 9.77. The van der Waals surface area contributed by atoms with Crippen molar-refractivity contribution in [1.29, 1.82) is 0 Å². The van der Waals surface area contributed by atoms with E-state index in [1.54, 1.807) is 24.3 Å². The molecule has 110 valence electrons. The molecule has 1 aliphatic rings. The van der Waals surface area contributed by atoms with Gasteiger partial charge in [0.2, 0.25) is 0 Å². The number of aromatic carboxylic acids is 1. The Bertz CT molecular complexity index is 430. The predicted molar refractivity (Wildman–Crippen MR) is 75.3 cm³/mol. The predicted octanol–water partition coefficient (Wildman–Crippen LogP) is 1.78. The van der Waals surface area contributed by atoms with E-state index in [1.165, 1.54) is 0 Å². The average molecular weight is 279 g/mol. The Morgan fingerprint density at radius 1 is 1.40 bits per heavy atom. The van der Waals surface area contributed by atoms with Crippen LogP contribution in [-0.4, -0.2) is 44.0 Å². The highest BCUT2D eigenvalue weighted by Crippen LogP contribution is 2.17. The number of benzene rings is 1. The van der Waals surface area contributed by atoms with Crippen LogP contribution in [0, 0.1) is 5.92 Å². The maximum atomic E-state index is 11.0. The van der Waals surface area contributed by atoms with Gasteiger partial charge in [-0.2, -0.15) is 0 Å². The molecule has 0 bridgehead atoms. The second-order valence-electron chi connectivity index (χ2n) is 4.92. The third-order valence-corrected chi connectivity index (χ3v) is 3.41. The normalized spacial score (nSPS) is 18.1. The number of ether oxygens (including phenoxy) is 2. The van der Waals surface area contributed by atoms with Crippen molar-refractivity contribution >= 4 is 5.97 Å². The molecule has 1 unspecified atom stereocenters. The van der Waals surface area contributed by atoms with Crippen molar-refractivity contribution in [2.75, 3.05) is 32.9 Å². The minimum atomic E-state index is -0.963. The van der Waals surface area contributed by atoms with Gasteiger partial charge in [0.15, 0.2) is 0 Å². The second kappa shape index (κ2) is 7.87. The lowest BCUT2D eigenvalue weighted by Crippen LogP contribution is -2.24. The van der Waals surface area contributed by atoms with Crippen LogP contribution < -0.4 is 10.1 Å². The Labute approximate surface area is 118 Å². The van der Waals surface area contributed by atoms with Crippen molar-refractivity contribution in [3.05, 3.63) is 29.8 Å². The summed E-state index contributed by atoms with van der Waals surface area (Å²) in [6.07, 6.45) is 2.27. The zero-order valence-electron chi connectivity index (χ0n) is 11.5. The lowest BCUT2D eigenvalue weighted by Gasteiger charge is -2.11. The largest absolute Gasteiger partial charge is 0.491 e. The van der Waals surface area contributed by atoms with Crippen LogP contribution >= 0.6 is 0 Å². The summed E-state index contributed by atoms with van der Waals surface area (Å²) in [6, 6.07) is 6.69. The van der Waals surface area contributed by atoms with Crippen LogP contribution in [0.4, 0.5) is 0 Å². The molecule has 5 nitrogen and oxygen atoms in total. The monoisotopic (exact) mass is 279 g/mol. The first kappa shape index (κ1) is 14.8. The SMILES string of the molecule is O=C(O)c1ccccc1OCCNCCC1CCOC1. The van der Waals surface area contributed by atoms with Gasteiger partial charge in [-0.15, -0.1) is 0 Å². The number of para-hydroxylation sites is 1. The summed E-state index contributed by atoms with van der Waals surface area (Å²) < 4.78 is 10.8. The van der Waals surface area contributed by atoms with Crippen LogP contribution in [0.5, 0.6) is 5.75 Å². The summed E-state index contributed by atoms with van der Waals surface area (Å²) in [5.74, 6) is 0.136. The molecule has 0 amide bonds. The highest BCUT2D eigenvalue weighted by Gasteiger charge is 2.14. The fourth-order valence-electron chi connectivity index (χ4n) is 2.24. The van der Waals surface area contributed by atoms with Gasteiger partial charge in [0.25, 0.3) is 0 Å². The highest BCUT2D eigenvalue weighted by molar-refractivity contribution is 5.90. The van der Waals surface area contributed by atoms with E-state index in [4.69, 9.17) is 14.6 Å². The molecule has 2 rings (SSSR count). The Balaban J connectivity index is 1.62. The van der Waals surface area contributed by atoms with Gasteiger partial charge in [-0.1, -0.05) is 12.1 Å². The minimum absolute atomic E-state index is 0.204. The number of carboxylic acids is 1. The summed E-state index contributed by atoms with van der Waals surface area (Å²) >= 11 is 0. The quantitative estimate of drug-likeness (QED) is 0.710. The minimum Gasteiger partial charge on any atom is -0.491 e. The molecule has 1 fully saturated rings. The fourth-order valence-corrected chi connectivity index (χ4v) is 2.24. The van der Waals surface area contributed by atoms with E-state index >= 15 is 0 Å². The summed E-state index contributed by atoms with van der Waals surface area (Å²) in [6.45, 7) is 3.88. The molecule has 1 atom stereocenters. The van der Waals surface area contributed by atoms with E-state index in [-0.39, 0.29) is 5.56 Å². The van der Waals surface area contributed by atoms with Gasteiger partial charge < -0.3 is 19.9 Å². The van der Waals surface area contributed by atoms with E-state index in [9.17, 15) is 4.79 Å². The Kier molecular flexibility index (Phi) is 5.83. The molecule has 1 heterocycles. The molecule has 5 heteroatoms. The van der Waals surface area contributed by atoms with Gasteiger partial charge >= 0.3 is 5.97 Å². The van der Waals surface area contributed by atoms with E-state index in [1.807, 2.05) is 0 Å². The third-order valence-electron chi connectivity index (χ3n) is 3.41. The molecular weight excluding hydrogens is 258 g/mol. The van der Waals surface area contributed by atoms with E-state index in [0.29, 0.717) is 24.8 Å². The first-order valence-corrected chi connectivity index (χ1v) is 7.01. The smallest absolute Gasteiger partial charge is 0.339 e. The zero-order chi connectivity index (χ0) is 14.2. The van der Waals surface area contributed by atoms with Crippen LogP contribution in [0.2, 0.25) is 0 Å². The lowest BCUT2D eigenvalue weighted by atomic mass is 10.1. The zero-order valence-corrected chi connectivity index (χ0v) is 11.5. The topological polar surface area (TPSA) is 67.8 Å². The standard InChI is InChI=1S/C15H21NO4/c17-15(18)13-3-1-2-4-14(13)20-10-8-16-7-5-12-6-9-19-11-12/h1-4,12,16H,5-11H2,(H,17,18). The Morgan fingerprint density at radius 3 is 3.00 bits per heavy atom. The number of hydrogen-bond donors (Lipinski definition) is 2. The maximum absolute atomic E-state index is 11.0. The van der Waals surface area contributed by atoms with E-state index in [2.05, 4.69) is 5.32 Å². The van der Waals surface area contributed by atoms with Crippen molar-refractivity contribution < 1.29 is 19.4 Å². The van der Waals surface area contributed by atoms with Crippen molar-refractivity contribution in [3.8, 4) is 5.75 Å². The second-order valence-corrected chi connectivity index (χ2v) is 4.92. The van der Waals surface area contributed by atoms with Crippen LogP contribution in [0.1, 0.15) is 23.2 Å². The lowest BCUT2D eigenvalue weighted by molar-refractivity contribution is 0.0692. The van der Waals surface area contributed by atoms with Gasteiger partial charge in [-0.05, 0) is 37.4 Å². The first-order valence-electron chi connectivity index (χ1n) is 7.01. The molecule has 1 aromatic carbocycles. The molecule has 0 aliphatic carbocycles. The Morgan fingerprint density at radius 2 is 2.25 bits per heavy atom. The molecule has 1 saturated heterocycles. The fraction of sp³-hybridized carbons (Fsp3) is 0.533. The number of carboxylic acid groups (broad SMARTS) is 1. The van der Waals surface area contributed by atoms with E-state index < -0.39 is 5.97 Å². The third kappa shape index (κ3) is 4.51. The molecule has 0 radical (unpaired) electrons. The van der Waals surface area contributed by atoms with Gasteiger partial charge in [-0.25, -0.2) is 4.79 Å². The summed E-state index contributed by atoms with van der Waals surface area (Å²) in [5.41, 5.74) is 0.204. The van der Waals surface area contributed by atoms with Gasteiger partial charge in [-0.3, -0.25) is 0 Å². The van der Waals surface area contributed by atoms with Gasteiger partial charge in [0, 0.05) is 19.8 Å². The molecule has 1 aromatic rings. The van der Waals surface area contributed by atoms with Gasteiger partial charge in [0.1, 0.15) is 17.9 Å².